The first-order valence-electron chi connectivity index (χ1n) is 8.06. The van der Waals surface area contributed by atoms with E-state index in [2.05, 4.69) is 14.9 Å². The number of H-pyrrole nitrogens is 1. The van der Waals surface area contributed by atoms with Crippen LogP contribution in [0.25, 0.3) is 17.1 Å². The fourth-order valence-electron chi connectivity index (χ4n) is 3.03. The fourth-order valence-corrected chi connectivity index (χ4v) is 3.03. The van der Waals surface area contributed by atoms with Crippen LogP contribution in [-0.2, 0) is 18.8 Å². The molecule has 1 saturated heterocycles. The fraction of sp³-hybridized carbons (Fsp3) is 0.375. The summed E-state index contributed by atoms with van der Waals surface area (Å²) in [5.41, 5.74) is 0.974. The lowest BCUT2D eigenvalue weighted by atomic mass is 10.3. The Morgan fingerprint density at radius 2 is 1.80 bits per heavy atom. The van der Waals surface area contributed by atoms with Gasteiger partial charge in [0.1, 0.15) is 0 Å². The van der Waals surface area contributed by atoms with Crippen LogP contribution in [0, 0.1) is 0 Å². The van der Waals surface area contributed by atoms with Crippen molar-refractivity contribution in [2.75, 3.05) is 31.2 Å². The lowest BCUT2D eigenvalue weighted by molar-refractivity contribution is -0.603. The van der Waals surface area contributed by atoms with Gasteiger partial charge < -0.3 is 9.64 Å². The molecule has 0 spiro atoms. The number of hydrogen-bond donors (Lipinski definition) is 1. The Bertz CT molecular complexity index is 1040. The van der Waals surface area contributed by atoms with Crippen LogP contribution in [0.1, 0.15) is 0 Å². The second-order valence-electron chi connectivity index (χ2n) is 6.03. The average molecular weight is 343 g/mol. The molecule has 3 aromatic heterocycles. The van der Waals surface area contributed by atoms with E-state index < -0.39 is 5.69 Å². The minimum atomic E-state index is -0.400. The third-order valence-corrected chi connectivity index (χ3v) is 4.51. The number of morpholine rings is 1. The van der Waals surface area contributed by atoms with E-state index in [0.29, 0.717) is 17.1 Å². The number of aromatic amines is 1. The largest absolute Gasteiger partial charge is 0.403 e. The molecular weight excluding hydrogens is 324 g/mol. The Morgan fingerprint density at radius 3 is 2.48 bits per heavy atom. The van der Waals surface area contributed by atoms with Gasteiger partial charge in [-0.3, -0.25) is 13.9 Å². The quantitative estimate of drug-likeness (QED) is 0.608. The second kappa shape index (κ2) is 5.85. The monoisotopic (exact) mass is 343 g/mol. The zero-order chi connectivity index (χ0) is 17.6. The van der Waals surface area contributed by atoms with Crippen LogP contribution in [-0.4, -0.2) is 45.4 Å². The molecule has 0 radical (unpaired) electrons. The predicted octanol–water partition coefficient (Wildman–Crippen LogP) is -0.926. The average Bonchev–Trinajstić information content (AvgIpc) is 3.11. The van der Waals surface area contributed by atoms with Gasteiger partial charge in [-0.1, -0.05) is 0 Å². The molecule has 4 heterocycles. The molecule has 0 unspecified atom stereocenters. The predicted molar refractivity (Wildman–Crippen MR) is 91.1 cm³/mol. The number of hydrogen-bond acceptors (Lipinski definition) is 5. The van der Waals surface area contributed by atoms with Crippen LogP contribution >= 0.6 is 0 Å². The molecule has 9 heteroatoms. The summed E-state index contributed by atoms with van der Waals surface area (Å²) in [4.78, 5) is 34.0. The number of nitrogens with zero attached hydrogens (tertiary/aromatic N) is 5. The Morgan fingerprint density at radius 1 is 1.12 bits per heavy atom. The third-order valence-electron chi connectivity index (χ3n) is 4.51. The highest BCUT2D eigenvalue weighted by Crippen LogP contribution is 2.13. The maximum absolute atomic E-state index is 12.3. The van der Waals surface area contributed by atoms with Crippen LogP contribution in [0.4, 0.5) is 5.69 Å². The van der Waals surface area contributed by atoms with Gasteiger partial charge in [0, 0.05) is 32.9 Å². The van der Waals surface area contributed by atoms with Crippen molar-refractivity contribution in [3.8, 4) is 5.95 Å². The third kappa shape index (κ3) is 2.52. The Hall–Kier alpha value is -2.94. The maximum Gasteiger partial charge on any atom is 0.403 e. The molecule has 1 aliphatic heterocycles. The summed E-state index contributed by atoms with van der Waals surface area (Å²) in [6.45, 7) is 3.20. The molecule has 9 nitrogen and oxygen atoms in total. The van der Waals surface area contributed by atoms with Crippen molar-refractivity contribution < 1.29 is 9.30 Å². The highest BCUT2D eigenvalue weighted by atomic mass is 16.5. The van der Waals surface area contributed by atoms with Crippen molar-refractivity contribution in [3.05, 3.63) is 45.4 Å². The SMILES string of the molecule is Cn1c(=O)c2[nH]c(-[n+]3ccc(N4CCOCC4)cc3)nc2n(C)c1=O. The van der Waals surface area contributed by atoms with Gasteiger partial charge in [0.05, 0.1) is 25.6 Å². The Labute approximate surface area is 142 Å². The number of aromatic nitrogens is 5. The lowest BCUT2D eigenvalue weighted by Crippen LogP contribution is -2.37. The van der Waals surface area contributed by atoms with Gasteiger partial charge >= 0.3 is 11.6 Å². The highest BCUT2D eigenvalue weighted by molar-refractivity contribution is 5.70. The number of fused-ring (bicyclic) bond motifs is 1. The Kier molecular flexibility index (Phi) is 3.65. The zero-order valence-corrected chi connectivity index (χ0v) is 14.1. The normalized spacial score (nSPS) is 15.0. The summed E-state index contributed by atoms with van der Waals surface area (Å²) in [6.07, 6.45) is 3.76. The second-order valence-corrected chi connectivity index (χ2v) is 6.03. The maximum atomic E-state index is 12.3. The summed E-state index contributed by atoms with van der Waals surface area (Å²) in [7, 11) is 3.05. The van der Waals surface area contributed by atoms with Crippen LogP contribution < -0.4 is 20.7 Å². The van der Waals surface area contributed by atoms with Crippen molar-refractivity contribution in [2.45, 2.75) is 0 Å². The van der Waals surface area contributed by atoms with E-state index in [-0.39, 0.29) is 5.56 Å². The summed E-state index contributed by atoms with van der Waals surface area (Å²) in [6, 6.07) is 3.99. The highest BCUT2D eigenvalue weighted by Gasteiger charge is 2.21. The van der Waals surface area contributed by atoms with Gasteiger partial charge in [-0.25, -0.2) is 14.3 Å². The smallest absolute Gasteiger partial charge is 0.378 e. The molecule has 25 heavy (non-hydrogen) atoms. The summed E-state index contributed by atoms with van der Waals surface area (Å²) in [5, 5.41) is 0. The van der Waals surface area contributed by atoms with Gasteiger partial charge in [0.15, 0.2) is 0 Å². The summed E-state index contributed by atoms with van der Waals surface area (Å²) < 4.78 is 9.58. The van der Waals surface area contributed by atoms with Gasteiger partial charge in [0.2, 0.25) is 5.52 Å². The first-order chi connectivity index (χ1) is 12.1. The van der Waals surface area contributed by atoms with Crippen LogP contribution in [0.5, 0.6) is 0 Å². The van der Waals surface area contributed by atoms with E-state index in [9.17, 15) is 9.59 Å². The topological polar surface area (TPSA) is 89.0 Å². The molecule has 0 bridgehead atoms. The van der Waals surface area contributed by atoms with E-state index in [1.165, 1.54) is 11.6 Å². The molecule has 4 rings (SSSR count). The van der Waals surface area contributed by atoms with E-state index in [4.69, 9.17) is 4.74 Å². The van der Waals surface area contributed by atoms with E-state index in [0.717, 1.165) is 36.6 Å². The molecule has 0 aliphatic carbocycles. The van der Waals surface area contributed by atoms with Crippen LogP contribution in [0.2, 0.25) is 0 Å². The molecule has 0 atom stereocenters. The van der Waals surface area contributed by atoms with Gasteiger partial charge in [-0.15, -0.1) is 0 Å². The number of ether oxygens (including phenoxy) is 1. The van der Waals surface area contributed by atoms with Gasteiger partial charge in [-0.2, -0.15) is 0 Å². The number of anilines is 1. The number of aryl methyl sites for hydroxylation is 1. The molecule has 1 fully saturated rings. The number of rotatable bonds is 2. The molecule has 130 valence electrons. The van der Waals surface area contributed by atoms with Crippen molar-refractivity contribution in [2.24, 2.45) is 14.1 Å². The van der Waals surface area contributed by atoms with E-state index in [1.807, 2.05) is 24.5 Å². The van der Waals surface area contributed by atoms with Crippen LogP contribution in [0.3, 0.4) is 0 Å². The standard InChI is InChI=1S/C16H18N6O3/c1-19-13-12(14(23)20(2)16(19)24)17-15(18-13)22-5-3-11(4-6-22)21-7-9-25-10-8-21/h3-6H,7-10H2,1-2H3/p+1. The van der Waals surface area contributed by atoms with E-state index >= 15 is 0 Å². The molecule has 0 aromatic carbocycles. The van der Waals surface area contributed by atoms with Gasteiger partial charge in [-0.05, 0) is 17.1 Å². The summed E-state index contributed by atoms with van der Waals surface area (Å²) in [5.74, 6) is 0.488. The van der Waals surface area contributed by atoms with Crippen LogP contribution in [0.15, 0.2) is 34.1 Å². The molecule has 1 N–H and O–H groups in total. The summed E-state index contributed by atoms with van der Waals surface area (Å²) >= 11 is 0. The number of imidazole rings is 1. The molecule has 0 saturated carbocycles. The van der Waals surface area contributed by atoms with Crippen molar-refractivity contribution in [1.82, 2.24) is 19.1 Å². The number of nitrogens with one attached hydrogen (secondary N) is 1. The van der Waals surface area contributed by atoms with Crippen molar-refractivity contribution in [1.29, 1.82) is 0 Å². The molecule has 3 aromatic rings. The molecular formula is C16H19N6O3+. The zero-order valence-electron chi connectivity index (χ0n) is 14.1. The first-order valence-corrected chi connectivity index (χ1v) is 8.06. The van der Waals surface area contributed by atoms with Crippen molar-refractivity contribution in [3.63, 3.8) is 0 Å². The van der Waals surface area contributed by atoms with Gasteiger partial charge in [0.25, 0.3) is 11.2 Å². The minimum absolute atomic E-state index is 0.310. The molecule has 0 amide bonds. The first kappa shape index (κ1) is 15.6. The number of pyridine rings is 1. The molecule has 1 aliphatic rings. The lowest BCUT2D eigenvalue weighted by Gasteiger charge is -2.28. The minimum Gasteiger partial charge on any atom is -0.378 e. The van der Waals surface area contributed by atoms with Crippen molar-refractivity contribution >= 4 is 16.9 Å². The van der Waals surface area contributed by atoms with E-state index in [1.54, 1.807) is 11.6 Å². The Balaban J connectivity index is 1.75.